The molecule has 0 aliphatic rings. The third kappa shape index (κ3) is 7.27. The van der Waals surface area contributed by atoms with Crippen molar-refractivity contribution in [1.29, 1.82) is 0 Å². The zero-order chi connectivity index (χ0) is 8.69. The maximum atomic E-state index is 10.6. The molecule has 62 valence electrons. The number of carbonyl (C=O) groups excluding carboxylic acids is 1. The second kappa shape index (κ2) is 6.11. The summed E-state index contributed by atoms with van der Waals surface area (Å²) in [5.74, 6) is 4.29. The number of hydrogen-bond acceptors (Lipinski definition) is 3. The van der Waals surface area contributed by atoms with Gasteiger partial charge in [-0.2, -0.15) is 0 Å². The highest BCUT2D eigenvalue weighted by Gasteiger charge is 1.98. The molecule has 0 spiro atoms. The van der Waals surface area contributed by atoms with Crippen LogP contribution in [0.25, 0.3) is 0 Å². The quantitative estimate of drug-likeness (QED) is 0.383. The standard InChI is InChI=1S/C6H9O4P/c1-2-3-4-6(7)5-10-11(8)9/h11H,2,5H2,1H3,(H,8,9). The fourth-order valence-electron chi connectivity index (χ4n) is 0.350. The molecule has 0 bridgehead atoms. The molecule has 5 heteroatoms. The first-order chi connectivity index (χ1) is 5.16. The van der Waals surface area contributed by atoms with Crippen molar-refractivity contribution >= 4 is 14.0 Å². The molecular formula is C6H9O4P. The maximum Gasteiger partial charge on any atom is 0.317 e. The SMILES string of the molecule is CCC#CC(=O)CO[PH](=O)O. The van der Waals surface area contributed by atoms with Crippen molar-refractivity contribution in [1.82, 2.24) is 0 Å². The lowest BCUT2D eigenvalue weighted by Gasteiger charge is -1.91. The van der Waals surface area contributed by atoms with E-state index in [0.717, 1.165) is 0 Å². The molecule has 1 atom stereocenters. The summed E-state index contributed by atoms with van der Waals surface area (Å²) in [7, 11) is -2.99. The van der Waals surface area contributed by atoms with Crippen molar-refractivity contribution in [3.63, 3.8) is 0 Å². The van der Waals surface area contributed by atoms with Crippen molar-refractivity contribution < 1.29 is 18.8 Å². The molecule has 0 fully saturated rings. The number of Topliss-reactive ketones (excluding diaryl/α,β-unsaturated/α-hetero) is 1. The molecule has 0 aromatic heterocycles. The summed E-state index contributed by atoms with van der Waals surface area (Å²) in [6, 6.07) is 0. The lowest BCUT2D eigenvalue weighted by atomic mass is 10.4. The number of ketones is 1. The molecule has 11 heavy (non-hydrogen) atoms. The Morgan fingerprint density at radius 2 is 2.36 bits per heavy atom. The fourth-order valence-corrected chi connectivity index (χ4v) is 0.605. The van der Waals surface area contributed by atoms with Crippen molar-refractivity contribution in [2.24, 2.45) is 0 Å². The topological polar surface area (TPSA) is 63.6 Å². The Hall–Kier alpha value is -0.620. The van der Waals surface area contributed by atoms with E-state index in [2.05, 4.69) is 16.4 Å². The van der Waals surface area contributed by atoms with Gasteiger partial charge in [0.25, 0.3) is 0 Å². The Kier molecular flexibility index (Phi) is 5.77. The first-order valence-corrected chi connectivity index (χ1v) is 4.30. The lowest BCUT2D eigenvalue weighted by molar-refractivity contribution is -0.115. The van der Waals surface area contributed by atoms with Crippen molar-refractivity contribution in [2.75, 3.05) is 6.61 Å². The summed E-state index contributed by atoms with van der Waals surface area (Å²) >= 11 is 0. The second-order valence-electron chi connectivity index (χ2n) is 1.63. The monoisotopic (exact) mass is 176 g/mol. The van der Waals surface area contributed by atoms with Gasteiger partial charge in [-0.1, -0.05) is 12.8 Å². The van der Waals surface area contributed by atoms with Gasteiger partial charge >= 0.3 is 8.25 Å². The summed E-state index contributed by atoms with van der Waals surface area (Å²) in [5, 5.41) is 0. The fraction of sp³-hybridized carbons (Fsp3) is 0.500. The first kappa shape index (κ1) is 10.4. The van der Waals surface area contributed by atoms with E-state index in [1.807, 2.05) is 0 Å². The van der Waals surface area contributed by atoms with Gasteiger partial charge in [0.05, 0.1) is 0 Å². The van der Waals surface area contributed by atoms with Gasteiger partial charge in [-0.05, 0) is 5.92 Å². The van der Waals surface area contributed by atoms with Crippen LogP contribution in [0.2, 0.25) is 0 Å². The number of carbonyl (C=O) groups is 1. The lowest BCUT2D eigenvalue weighted by Crippen LogP contribution is -2.01. The Labute approximate surface area is 65.5 Å². The molecule has 4 nitrogen and oxygen atoms in total. The molecule has 0 amide bonds. The Morgan fingerprint density at radius 3 is 2.82 bits per heavy atom. The van der Waals surface area contributed by atoms with Crippen LogP contribution in [0.4, 0.5) is 0 Å². The molecule has 0 heterocycles. The van der Waals surface area contributed by atoms with E-state index in [1.165, 1.54) is 0 Å². The van der Waals surface area contributed by atoms with Crippen LogP contribution in [0.15, 0.2) is 0 Å². The summed E-state index contributed by atoms with van der Waals surface area (Å²) < 4.78 is 14.1. The highest BCUT2D eigenvalue weighted by molar-refractivity contribution is 7.32. The van der Waals surface area contributed by atoms with Gasteiger partial charge in [0.15, 0.2) is 0 Å². The average molecular weight is 176 g/mol. The van der Waals surface area contributed by atoms with Crippen molar-refractivity contribution in [3.05, 3.63) is 0 Å². The highest BCUT2D eigenvalue weighted by Crippen LogP contribution is 2.12. The summed E-state index contributed by atoms with van der Waals surface area (Å²) in [5.41, 5.74) is 0. The zero-order valence-corrected chi connectivity index (χ0v) is 7.09. The smallest absolute Gasteiger partial charge is 0.317 e. The van der Waals surface area contributed by atoms with E-state index < -0.39 is 20.6 Å². The van der Waals surface area contributed by atoms with Crippen LogP contribution in [-0.2, 0) is 13.9 Å². The number of rotatable bonds is 3. The van der Waals surface area contributed by atoms with Gasteiger partial charge in [-0.15, -0.1) is 0 Å². The van der Waals surface area contributed by atoms with E-state index in [4.69, 9.17) is 4.89 Å². The van der Waals surface area contributed by atoms with Crippen LogP contribution in [0.3, 0.4) is 0 Å². The minimum Gasteiger partial charge on any atom is -0.326 e. The molecule has 0 aromatic carbocycles. The van der Waals surface area contributed by atoms with E-state index in [1.54, 1.807) is 6.92 Å². The van der Waals surface area contributed by atoms with E-state index in [0.29, 0.717) is 6.42 Å². The largest absolute Gasteiger partial charge is 0.326 e. The Balaban J connectivity index is 3.62. The molecule has 0 aliphatic carbocycles. The van der Waals surface area contributed by atoms with Crippen LogP contribution < -0.4 is 0 Å². The summed E-state index contributed by atoms with van der Waals surface area (Å²) in [6.07, 6.45) is 0.583. The first-order valence-electron chi connectivity index (χ1n) is 3.04. The maximum absolute atomic E-state index is 10.6. The van der Waals surface area contributed by atoms with Gasteiger partial charge < -0.3 is 9.42 Å². The molecule has 0 radical (unpaired) electrons. The van der Waals surface area contributed by atoms with Gasteiger partial charge in [0, 0.05) is 6.42 Å². The van der Waals surface area contributed by atoms with Gasteiger partial charge in [0.2, 0.25) is 5.78 Å². The van der Waals surface area contributed by atoms with Crippen LogP contribution in [-0.4, -0.2) is 17.3 Å². The van der Waals surface area contributed by atoms with Gasteiger partial charge in [0.1, 0.15) is 6.61 Å². The molecular weight excluding hydrogens is 167 g/mol. The average Bonchev–Trinajstić information content (AvgIpc) is 1.97. The van der Waals surface area contributed by atoms with Crippen LogP contribution >= 0.6 is 8.25 Å². The third-order valence-corrected chi connectivity index (χ3v) is 1.12. The molecule has 0 saturated heterocycles. The minimum atomic E-state index is -2.99. The van der Waals surface area contributed by atoms with E-state index >= 15 is 0 Å². The van der Waals surface area contributed by atoms with Gasteiger partial charge in [-0.3, -0.25) is 9.36 Å². The molecule has 0 aliphatic heterocycles. The second-order valence-corrected chi connectivity index (χ2v) is 2.45. The molecule has 0 aromatic rings. The van der Waals surface area contributed by atoms with Crippen molar-refractivity contribution in [2.45, 2.75) is 13.3 Å². The molecule has 1 N–H and O–H groups in total. The van der Waals surface area contributed by atoms with E-state index in [9.17, 15) is 9.36 Å². The molecule has 0 rings (SSSR count). The number of hydrogen-bond donors (Lipinski definition) is 1. The van der Waals surface area contributed by atoms with Crippen LogP contribution in [0.5, 0.6) is 0 Å². The predicted octanol–water partition coefficient (Wildman–Crippen LogP) is 0.367. The Bertz CT molecular complexity index is 212. The normalized spacial score (nSPS) is 11.5. The van der Waals surface area contributed by atoms with Crippen LogP contribution in [0, 0.1) is 11.8 Å². The molecule has 0 saturated carbocycles. The van der Waals surface area contributed by atoms with Gasteiger partial charge in [-0.25, -0.2) is 0 Å². The predicted molar refractivity (Wildman–Crippen MR) is 40.2 cm³/mol. The third-order valence-electron chi connectivity index (χ3n) is 0.731. The minimum absolute atomic E-state index is 0.401. The van der Waals surface area contributed by atoms with E-state index in [-0.39, 0.29) is 0 Å². The summed E-state index contributed by atoms with van der Waals surface area (Å²) in [6.45, 7) is 1.40. The Morgan fingerprint density at radius 1 is 1.73 bits per heavy atom. The zero-order valence-electron chi connectivity index (χ0n) is 6.09. The summed E-state index contributed by atoms with van der Waals surface area (Å²) in [4.78, 5) is 18.7. The van der Waals surface area contributed by atoms with Crippen LogP contribution in [0.1, 0.15) is 13.3 Å². The van der Waals surface area contributed by atoms with Crippen molar-refractivity contribution in [3.8, 4) is 11.8 Å². The molecule has 1 unspecified atom stereocenters. The highest BCUT2D eigenvalue weighted by atomic mass is 31.1.